The number of morpholine rings is 1. The summed E-state index contributed by atoms with van der Waals surface area (Å²) in [5.41, 5.74) is 6.14. The van der Waals surface area contributed by atoms with Crippen LogP contribution in [0.2, 0.25) is 5.02 Å². The summed E-state index contributed by atoms with van der Waals surface area (Å²) in [6.45, 7) is 7.90. The van der Waals surface area contributed by atoms with E-state index < -0.39 is 0 Å². The van der Waals surface area contributed by atoms with E-state index >= 15 is 0 Å². The van der Waals surface area contributed by atoms with Crippen LogP contribution >= 0.6 is 11.6 Å². The van der Waals surface area contributed by atoms with Crippen LogP contribution in [0.5, 0.6) is 0 Å². The quantitative estimate of drug-likeness (QED) is 0.744. The third-order valence-corrected chi connectivity index (χ3v) is 5.77. The summed E-state index contributed by atoms with van der Waals surface area (Å²) in [5.74, 6) is 0.929. The number of halogens is 1. The summed E-state index contributed by atoms with van der Waals surface area (Å²) in [4.78, 5) is 7.05. The minimum absolute atomic E-state index is 0.0265. The highest BCUT2D eigenvalue weighted by Crippen LogP contribution is 2.29. The fourth-order valence-electron chi connectivity index (χ4n) is 3.71. The van der Waals surface area contributed by atoms with Crippen molar-refractivity contribution < 1.29 is 9.84 Å². The number of rotatable bonds is 4. The SMILES string of the molecule is Cc1c(Cl)cccc1Cn1c(C)nc2c(CO)cc(N3CCOCC3)cc21. The summed E-state index contributed by atoms with van der Waals surface area (Å²) in [6, 6.07) is 10.2. The molecule has 3 aromatic rings. The molecule has 0 saturated carbocycles. The fraction of sp³-hybridized carbons (Fsp3) is 0.381. The molecule has 4 rings (SSSR count). The Morgan fingerprint density at radius 1 is 1.15 bits per heavy atom. The molecule has 0 radical (unpaired) electrons. The lowest BCUT2D eigenvalue weighted by molar-refractivity contribution is 0.122. The number of ether oxygens (including phenoxy) is 1. The maximum atomic E-state index is 9.92. The van der Waals surface area contributed by atoms with Crippen LogP contribution < -0.4 is 4.90 Å². The van der Waals surface area contributed by atoms with Crippen LogP contribution in [-0.2, 0) is 17.9 Å². The lowest BCUT2D eigenvalue weighted by atomic mass is 10.1. The van der Waals surface area contributed by atoms with Gasteiger partial charge in [0.15, 0.2) is 0 Å². The van der Waals surface area contributed by atoms with E-state index in [1.807, 2.05) is 26.0 Å². The van der Waals surface area contributed by atoms with E-state index in [0.717, 1.165) is 65.0 Å². The van der Waals surface area contributed by atoms with E-state index in [9.17, 15) is 5.11 Å². The minimum Gasteiger partial charge on any atom is -0.392 e. The Morgan fingerprint density at radius 3 is 2.67 bits per heavy atom. The van der Waals surface area contributed by atoms with Gasteiger partial charge >= 0.3 is 0 Å². The molecule has 0 bridgehead atoms. The van der Waals surface area contributed by atoms with Gasteiger partial charge in [-0.2, -0.15) is 0 Å². The van der Waals surface area contributed by atoms with E-state index in [-0.39, 0.29) is 6.61 Å². The van der Waals surface area contributed by atoms with Crippen molar-refractivity contribution in [1.29, 1.82) is 0 Å². The molecule has 0 unspecified atom stereocenters. The number of benzene rings is 2. The lowest BCUT2D eigenvalue weighted by Crippen LogP contribution is -2.36. The number of aryl methyl sites for hydroxylation is 1. The van der Waals surface area contributed by atoms with Gasteiger partial charge in [-0.25, -0.2) is 4.98 Å². The highest BCUT2D eigenvalue weighted by atomic mass is 35.5. The molecule has 0 aliphatic carbocycles. The maximum absolute atomic E-state index is 9.92. The molecule has 0 atom stereocenters. The van der Waals surface area contributed by atoms with Gasteiger partial charge in [-0.05, 0) is 43.2 Å². The highest BCUT2D eigenvalue weighted by molar-refractivity contribution is 6.31. The van der Waals surface area contributed by atoms with Crippen molar-refractivity contribution in [3.63, 3.8) is 0 Å². The number of hydrogen-bond acceptors (Lipinski definition) is 4. The average molecular weight is 386 g/mol. The van der Waals surface area contributed by atoms with Crippen molar-refractivity contribution in [3.05, 3.63) is 57.9 Å². The van der Waals surface area contributed by atoms with Gasteiger partial charge < -0.3 is 19.3 Å². The number of anilines is 1. The molecule has 1 N–H and O–H groups in total. The summed E-state index contributed by atoms with van der Waals surface area (Å²) in [6.07, 6.45) is 0. The van der Waals surface area contributed by atoms with Gasteiger partial charge in [-0.1, -0.05) is 23.7 Å². The van der Waals surface area contributed by atoms with Gasteiger partial charge in [0.1, 0.15) is 5.82 Å². The first kappa shape index (κ1) is 18.3. The van der Waals surface area contributed by atoms with Crippen LogP contribution in [0.3, 0.4) is 0 Å². The van der Waals surface area contributed by atoms with Crippen molar-refractivity contribution >= 4 is 28.3 Å². The number of imidazole rings is 1. The molecule has 1 saturated heterocycles. The Balaban J connectivity index is 1.82. The van der Waals surface area contributed by atoms with Crippen molar-refractivity contribution in [2.75, 3.05) is 31.2 Å². The third-order valence-electron chi connectivity index (χ3n) is 5.36. The van der Waals surface area contributed by atoms with Gasteiger partial charge in [0.2, 0.25) is 0 Å². The molecule has 1 aliphatic rings. The van der Waals surface area contributed by atoms with Crippen molar-refractivity contribution in [3.8, 4) is 0 Å². The number of nitrogens with zero attached hydrogens (tertiary/aromatic N) is 3. The minimum atomic E-state index is -0.0265. The van der Waals surface area contributed by atoms with Crippen LogP contribution in [0.15, 0.2) is 30.3 Å². The maximum Gasteiger partial charge on any atom is 0.107 e. The average Bonchev–Trinajstić information content (AvgIpc) is 3.00. The van der Waals surface area contributed by atoms with E-state index in [0.29, 0.717) is 6.54 Å². The Labute approximate surface area is 164 Å². The van der Waals surface area contributed by atoms with Crippen LogP contribution in [0, 0.1) is 13.8 Å². The molecule has 2 heterocycles. The third kappa shape index (κ3) is 3.43. The molecule has 2 aromatic carbocycles. The van der Waals surface area contributed by atoms with Crippen molar-refractivity contribution in [2.45, 2.75) is 27.0 Å². The second-order valence-electron chi connectivity index (χ2n) is 7.00. The number of aromatic nitrogens is 2. The molecular formula is C21H24ClN3O2. The predicted molar refractivity (Wildman–Crippen MR) is 109 cm³/mol. The smallest absolute Gasteiger partial charge is 0.107 e. The number of aliphatic hydroxyl groups is 1. The van der Waals surface area contributed by atoms with Gasteiger partial charge in [0.25, 0.3) is 0 Å². The second-order valence-corrected chi connectivity index (χ2v) is 7.41. The van der Waals surface area contributed by atoms with E-state index in [4.69, 9.17) is 21.3 Å². The molecule has 6 heteroatoms. The number of fused-ring (bicyclic) bond motifs is 1. The molecule has 5 nitrogen and oxygen atoms in total. The van der Waals surface area contributed by atoms with E-state index in [1.54, 1.807) is 0 Å². The molecule has 27 heavy (non-hydrogen) atoms. The van der Waals surface area contributed by atoms with Gasteiger partial charge in [-0.3, -0.25) is 0 Å². The van der Waals surface area contributed by atoms with Crippen molar-refractivity contribution in [2.24, 2.45) is 0 Å². The highest BCUT2D eigenvalue weighted by Gasteiger charge is 2.18. The Morgan fingerprint density at radius 2 is 1.93 bits per heavy atom. The predicted octanol–water partition coefficient (Wildman–Crippen LogP) is 3.68. The summed E-state index contributed by atoms with van der Waals surface area (Å²) < 4.78 is 7.68. The Bertz CT molecular complexity index is 977. The number of aliphatic hydroxyl groups excluding tert-OH is 1. The Hall–Kier alpha value is -2.08. The first-order chi connectivity index (χ1) is 13.1. The monoisotopic (exact) mass is 385 g/mol. The standard InChI is InChI=1S/C21H24ClN3O2/c1-14-16(4-3-5-19(14)22)12-25-15(2)23-21-17(13-26)10-18(11-20(21)25)24-6-8-27-9-7-24/h3-5,10-11,26H,6-9,12-13H2,1-2H3. The van der Waals surface area contributed by atoms with E-state index in [1.165, 1.54) is 5.56 Å². The van der Waals surface area contributed by atoms with Crippen LogP contribution in [0.25, 0.3) is 11.0 Å². The largest absolute Gasteiger partial charge is 0.392 e. The van der Waals surface area contributed by atoms with Gasteiger partial charge in [-0.15, -0.1) is 0 Å². The molecule has 142 valence electrons. The molecular weight excluding hydrogens is 362 g/mol. The topological polar surface area (TPSA) is 50.5 Å². The molecule has 1 aliphatic heterocycles. The zero-order valence-corrected chi connectivity index (χ0v) is 16.5. The fourth-order valence-corrected chi connectivity index (χ4v) is 3.90. The lowest BCUT2D eigenvalue weighted by Gasteiger charge is -2.29. The summed E-state index contributed by atoms with van der Waals surface area (Å²) in [7, 11) is 0. The zero-order chi connectivity index (χ0) is 19.0. The molecule has 0 amide bonds. The second kappa shape index (κ2) is 7.50. The van der Waals surface area contributed by atoms with Crippen LogP contribution in [-0.4, -0.2) is 41.0 Å². The van der Waals surface area contributed by atoms with Gasteiger partial charge in [0, 0.05) is 35.9 Å². The normalized spacial score (nSPS) is 14.9. The first-order valence-electron chi connectivity index (χ1n) is 9.26. The van der Waals surface area contributed by atoms with Crippen LogP contribution in [0.1, 0.15) is 22.5 Å². The molecule has 0 spiro atoms. The summed E-state index contributed by atoms with van der Waals surface area (Å²) >= 11 is 6.31. The summed E-state index contributed by atoms with van der Waals surface area (Å²) in [5, 5.41) is 10.7. The van der Waals surface area contributed by atoms with Crippen LogP contribution in [0.4, 0.5) is 5.69 Å². The van der Waals surface area contributed by atoms with Crippen molar-refractivity contribution in [1.82, 2.24) is 9.55 Å². The van der Waals surface area contributed by atoms with E-state index in [2.05, 4.69) is 27.7 Å². The first-order valence-corrected chi connectivity index (χ1v) is 9.63. The van der Waals surface area contributed by atoms with Gasteiger partial charge in [0.05, 0.1) is 30.9 Å². The number of hydrogen-bond donors (Lipinski definition) is 1. The molecule has 1 aromatic heterocycles. The zero-order valence-electron chi connectivity index (χ0n) is 15.7. The molecule has 1 fully saturated rings. The Kier molecular flexibility index (Phi) is 5.08.